The van der Waals surface area contributed by atoms with Crippen molar-refractivity contribution in [1.82, 2.24) is 0 Å². The Hall–Kier alpha value is -0.440. The fourth-order valence-electron chi connectivity index (χ4n) is 4.06. The zero-order valence-corrected chi connectivity index (χ0v) is 15.0. The molecule has 2 rings (SSSR count). The van der Waals surface area contributed by atoms with Crippen LogP contribution in [0, 0.1) is 23.7 Å². The zero-order valence-electron chi connectivity index (χ0n) is 13.4. The predicted molar refractivity (Wildman–Crippen MR) is 83.2 cm³/mol. The van der Waals surface area contributed by atoms with Crippen molar-refractivity contribution in [3.8, 4) is 0 Å². The van der Waals surface area contributed by atoms with Gasteiger partial charge in [0, 0.05) is 0 Å². The summed E-state index contributed by atoms with van der Waals surface area (Å²) in [5.41, 5.74) is 2.57. The quantitative estimate of drug-likeness (QED) is 0.532. The van der Waals surface area contributed by atoms with Gasteiger partial charge in [-0.25, -0.2) is 0 Å². The summed E-state index contributed by atoms with van der Waals surface area (Å²) < 4.78 is 55.1. The van der Waals surface area contributed by atoms with E-state index < -0.39 is 20.2 Å². The molecule has 0 aromatic carbocycles. The van der Waals surface area contributed by atoms with Gasteiger partial charge in [-0.3, -0.25) is 8.37 Å². The molecule has 6 nitrogen and oxygen atoms in total. The van der Waals surface area contributed by atoms with Gasteiger partial charge in [-0.05, 0) is 50.4 Å². The van der Waals surface area contributed by atoms with E-state index in [0.717, 1.165) is 25.4 Å². The Kier molecular flexibility index (Phi) is 5.06. The van der Waals surface area contributed by atoms with Gasteiger partial charge in [-0.2, -0.15) is 16.8 Å². The van der Waals surface area contributed by atoms with Crippen molar-refractivity contribution in [2.75, 3.05) is 25.7 Å². The second-order valence-corrected chi connectivity index (χ2v) is 9.84. The van der Waals surface area contributed by atoms with E-state index in [1.165, 1.54) is 11.1 Å². The second kappa shape index (κ2) is 6.22. The third-order valence-electron chi connectivity index (χ3n) is 4.70. The number of hydrogen-bond acceptors (Lipinski definition) is 6. The maximum absolute atomic E-state index is 11.3. The highest BCUT2D eigenvalue weighted by atomic mass is 32.2. The standard InChI is InChI=1S/C14H24O6S2/c1-9(2)14-10-5-6-11(14)13(8-20-22(4,17)18)12(10)7-19-21(3,15)16/h10-13H,5-8H2,1-4H3/t10-,11-,12-,13+/m1/s1. The lowest BCUT2D eigenvalue weighted by Gasteiger charge is -2.29. The van der Waals surface area contributed by atoms with Crippen LogP contribution >= 0.6 is 0 Å². The first-order valence-corrected chi connectivity index (χ1v) is 11.0. The number of rotatable bonds is 6. The van der Waals surface area contributed by atoms with E-state index in [0.29, 0.717) is 0 Å². The molecule has 2 aliphatic rings. The van der Waals surface area contributed by atoms with Gasteiger partial charge in [-0.15, -0.1) is 0 Å². The van der Waals surface area contributed by atoms with Crippen LogP contribution in [0.4, 0.5) is 0 Å². The van der Waals surface area contributed by atoms with Crippen LogP contribution in [0.2, 0.25) is 0 Å². The average Bonchev–Trinajstić information content (AvgIpc) is 2.87. The van der Waals surface area contributed by atoms with Crippen molar-refractivity contribution < 1.29 is 25.2 Å². The smallest absolute Gasteiger partial charge is 0.264 e. The van der Waals surface area contributed by atoms with Gasteiger partial charge in [-0.1, -0.05) is 11.1 Å². The molecule has 128 valence electrons. The largest absolute Gasteiger partial charge is 0.270 e. The van der Waals surface area contributed by atoms with E-state index in [4.69, 9.17) is 8.37 Å². The van der Waals surface area contributed by atoms with Gasteiger partial charge in [0.05, 0.1) is 25.7 Å². The van der Waals surface area contributed by atoms with Crippen LogP contribution < -0.4 is 0 Å². The molecule has 0 saturated heterocycles. The number of hydrogen-bond donors (Lipinski definition) is 0. The molecule has 2 fully saturated rings. The van der Waals surface area contributed by atoms with Crippen molar-refractivity contribution in [2.24, 2.45) is 23.7 Å². The Morgan fingerprint density at radius 1 is 0.909 bits per heavy atom. The molecule has 2 aliphatic carbocycles. The molecule has 0 aliphatic heterocycles. The van der Waals surface area contributed by atoms with Crippen molar-refractivity contribution >= 4 is 20.2 Å². The van der Waals surface area contributed by atoms with E-state index in [-0.39, 0.29) is 36.9 Å². The summed E-state index contributed by atoms with van der Waals surface area (Å²) in [5, 5.41) is 0. The van der Waals surface area contributed by atoms with E-state index in [2.05, 4.69) is 13.8 Å². The monoisotopic (exact) mass is 352 g/mol. The van der Waals surface area contributed by atoms with Crippen molar-refractivity contribution in [2.45, 2.75) is 26.7 Å². The Labute approximate surface area is 133 Å². The highest BCUT2D eigenvalue weighted by Crippen LogP contribution is 2.57. The molecule has 4 atom stereocenters. The van der Waals surface area contributed by atoms with E-state index in [1.54, 1.807) is 0 Å². The van der Waals surface area contributed by atoms with E-state index in [1.807, 2.05) is 0 Å². The first-order valence-electron chi connectivity index (χ1n) is 7.35. The Morgan fingerprint density at radius 3 is 1.55 bits per heavy atom. The van der Waals surface area contributed by atoms with Crippen molar-refractivity contribution in [3.05, 3.63) is 11.1 Å². The predicted octanol–water partition coefficient (Wildman–Crippen LogP) is 1.55. The fraction of sp³-hybridized carbons (Fsp3) is 0.857. The first-order chi connectivity index (χ1) is 9.99. The summed E-state index contributed by atoms with van der Waals surface area (Å²) in [6.45, 7) is 4.28. The van der Waals surface area contributed by atoms with Crippen LogP contribution in [0.25, 0.3) is 0 Å². The molecular weight excluding hydrogens is 328 g/mol. The lowest BCUT2D eigenvalue weighted by Crippen LogP contribution is -2.31. The SMILES string of the molecule is CC(C)=C1[C@@H]2CC[C@@H]1[C@@H](COS(C)(=O)=O)[C@H]2COS(C)(=O)=O. The summed E-state index contributed by atoms with van der Waals surface area (Å²) in [5.74, 6) is 0.509. The minimum absolute atomic E-state index is 0.0138. The fourth-order valence-corrected chi connectivity index (χ4v) is 4.87. The molecule has 0 heterocycles. The summed E-state index contributed by atoms with van der Waals surface area (Å²) in [7, 11) is -7.02. The van der Waals surface area contributed by atoms with Gasteiger partial charge in [0.2, 0.25) is 0 Å². The highest BCUT2D eigenvalue weighted by Gasteiger charge is 2.51. The maximum Gasteiger partial charge on any atom is 0.264 e. The van der Waals surface area contributed by atoms with Gasteiger partial charge in [0.1, 0.15) is 0 Å². The third kappa shape index (κ3) is 4.10. The molecule has 0 N–H and O–H groups in total. The lowest BCUT2D eigenvalue weighted by atomic mass is 9.80. The van der Waals surface area contributed by atoms with Crippen LogP contribution in [0.5, 0.6) is 0 Å². The second-order valence-electron chi connectivity index (χ2n) is 6.55. The summed E-state index contributed by atoms with van der Waals surface area (Å²) in [4.78, 5) is 0. The molecule has 0 unspecified atom stereocenters. The number of fused-ring (bicyclic) bond motifs is 2. The third-order valence-corrected chi connectivity index (χ3v) is 5.83. The van der Waals surface area contributed by atoms with Crippen LogP contribution in [-0.2, 0) is 28.6 Å². The van der Waals surface area contributed by atoms with Crippen LogP contribution in [0.1, 0.15) is 26.7 Å². The molecule has 2 bridgehead atoms. The molecule has 0 aromatic heterocycles. The average molecular weight is 352 g/mol. The maximum atomic E-state index is 11.3. The van der Waals surface area contributed by atoms with Crippen molar-refractivity contribution in [3.63, 3.8) is 0 Å². The van der Waals surface area contributed by atoms with Gasteiger partial charge >= 0.3 is 0 Å². The molecule has 0 aromatic rings. The van der Waals surface area contributed by atoms with Gasteiger partial charge in [0.25, 0.3) is 20.2 Å². The van der Waals surface area contributed by atoms with E-state index >= 15 is 0 Å². The summed E-state index contributed by atoms with van der Waals surface area (Å²) in [6.07, 6.45) is 4.06. The highest BCUT2D eigenvalue weighted by molar-refractivity contribution is 7.86. The molecule has 0 amide bonds. The van der Waals surface area contributed by atoms with Crippen molar-refractivity contribution in [1.29, 1.82) is 0 Å². The van der Waals surface area contributed by atoms with Gasteiger partial charge < -0.3 is 0 Å². The lowest BCUT2D eigenvalue weighted by molar-refractivity contribution is 0.102. The zero-order chi connectivity index (χ0) is 16.7. The van der Waals surface area contributed by atoms with Gasteiger partial charge in [0.15, 0.2) is 0 Å². The molecule has 22 heavy (non-hydrogen) atoms. The summed E-state index contributed by atoms with van der Waals surface area (Å²) >= 11 is 0. The molecule has 0 spiro atoms. The van der Waals surface area contributed by atoms with Crippen LogP contribution in [0.15, 0.2) is 11.1 Å². The van der Waals surface area contributed by atoms with Crippen LogP contribution in [-0.4, -0.2) is 42.6 Å². The number of allylic oxidation sites excluding steroid dienone is 2. The molecule has 8 heteroatoms. The molecular formula is C14H24O6S2. The first kappa shape index (κ1) is 17.9. The minimum Gasteiger partial charge on any atom is -0.270 e. The van der Waals surface area contributed by atoms with E-state index in [9.17, 15) is 16.8 Å². The Morgan fingerprint density at radius 2 is 1.27 bits per heavy atom. The summed E-state index contributed by atoms with van der Waals surface area (Å²) in [6, 6.07) is 0. The molecule has 2 saturated carbocycles. The molecule has 0 radical (unpaired) electrons. The van der Waals surface area contributed by atoms with Crippen LogP contribution in [0.3, 0.4) is 0 Å². The topological polar surface area (TPSA) is 86.7 Å². The minimum atomic E-state index is -3.51. The normalized spacial score (nSPS) is 31.7. The Bertz CT molecular complexity index is 605. The Balaban J connectivity index is 2.21.